The van der Waals surface area contributed by atoms with Gasteiger partial charge in [-0.05, 0) is 125 Å². The van der Waals surface area contributed by atoms with Crippen molar-refractivity contribution in [3.63, 3.8) is 0 Å². The van der Waals surface area contributed by atoms with Gasteiger partial charge in [-0.2, -0.15) is 0 Å². The van der Waals surface area contributed by atoms with E-state index in [-0.39, 0.29) is 18.1 Å². The van der Waals surface area contributed by atoms with Crippen LogP contribution in [0.25, 0.3) is 6.08 Å². The van der Waals surface area contributed by atoms with Crippen LogP contribution in [-0.4, -0.2) is 36.3 Å². The van der Waals surface area contributed by atoms with Gasteiger partial charge in [0, 0.05) is 0 Å². The van der Waals surface area contributed by atoms with E-state index >= 15 is 0 Å². The predicted molar refractivity (Wildman–Crippen MR) is 192 cm³/mol. The first kappa shape index (κ1) is 34.6. The van der Waals surface area contributed by atoms with Crippen LogP contribution < -0.4 is 24.4 Å². The SMILES string of the molecule is CCOC(=O)C1=C(C)N=c2s/c(=C\c3cc(Br)c(OCc4ccc(C(=O)OCC)cc4)c(I)c3)c(=O)n2[C@H]1c1ccc(OCC)cc1. The smallest absolute Gasteiger partial charge is 0.338 e. The van der Waals surface area contributed by atoms with Crippen molar-refractivity contribution in [3.8, 4) is 11.5 Å². The number of halogens is 2. The number of nitrogens with zero attached hydrogens (tertiary/aromatic N) is 2. The Morgan fingerprint density at radius 3 is 2.28 bits per heavy atom. The first-order valence-corrected chi connectivity index (χ1v) is 17.6. The molecule has 0 bridgehead atoms. The van der Waals surface area contributed by atoms with Gasteiger partial charge in [-0.3, -0.25) is 9.36 Å². The molecular weight excluding hydrogens is 799 g/mol. The summed E-state index contributed by atoms with van der Waals surface area (Å²) >= 11 is 7.10. The quantitative estimate of drug-likeness (QED) is 0.129. The molecule has 1 aliphatic heterocycles. The van der Waals surface area contributed by atoms with Gasteiger partial charge < -0.3 is 18.9 Å². The predicted octanol–water partition coefficient (Wildman–Crippen LogP) is 6.32. The number of hydrogen-bond acceptors (Lipinski definition) is 9. The minimum absolute atomic E-state index is 0.199. The number of rotatable bonds is 11. The highest BCUT2D eigenvalue weighted by Gasteiger charge is 2.33. The lowest BCUT2D eigenvalue weighted by Crippen LogP contribution is -2.39. The Bertz CT molecular complexity index is 2000. The Labute approximate surface area is 297 Å². The number of hydrogen-bond donors (Lipinski definition) is 0. The number of aromatic nitrogens is 1. The fraction of sp³-hybridized carbons (Fsp3) is 0.257. The van der Waals surface area contributed by atoms with Gasteiger partial charge in [0.05, 0.1) is 55.3 Å². The Morgan fingerprint density at radius 2 is 1.64 bits per heavy atom. The van der Waals surface area contributed by atoms with Gasteiger partial charge in [0.25, 0.3) is 5.56 Å². The zero-order valence-corrected chi connectivity index (χ0v) is 30.7. The Balaban J connectivity index is 1.47. The Morgan fingerprint density at radius 1 is 0.957 bits per heavy atom. The van der Waals surface area contributed by atoms with Gasteiger partial charge in [0.1, 0.15) is 18.1 Å². The molecule has 0 saturated carbocycles. The van der Waals surface area contributed by atoms with Crippen molar-refractivity contribution < 1.29 is 28.5 Å². The van der Waals surface area contributed by atoms with Gasteiger partial charge in [-0.25, -0.2) is 14.6 Å². The molecule has 1 aromatic heterocycles. The molecule has 244 valence electrons. The molecule has 0 saturated heterocycles. The van der Waals surface area contributed by atoms with Gasteiger partial charge in [0.15, 0.2) is 4.80 Å². The number of allylic oxidation sites excluding steroid dienone is 1. The van der Waals surface area contributed by atoms with E-state index in [9.17, 15) is 14.4 Å². The largest absolute Gasteiger partial charge is 0.494 e. The second kappa shape index (κ2) is 15.4. The molecule has 0 fully saturated rings. The van der Waals surface area contributed by atoms with Crippen LogP contribution in [0.15, 0.2) is 86.2 Å². The van der Waals surface area contributed by atoms with E-state index in [1.165, 1.54) is 11.3 Å². The molecule has 0 radical (unpaired) electrons. The molecule has 0 amide bonds. The van der Waals surface area contributed by atoms with E-state index in [2.05, 4.69) is 43.5 Å². The van der Waals surface area contributed by atoms with E-state index in [0.29, 0.717) is 57.5 Å². The molecule has 4 aromatic rings. The van der Waals surface area contributed by atoms with Crippen LogP contribution in [0.5, 0.6) is 11.5 Å². The van der Waals surface area contributed by atoms with Crippen molar-refractivity contribution >= 4 is 67.9 Å². The molecule has 12 heteroatoms. The van der Waals surface area contributed by atoms with Crippen LogP contribution in [0, 0.1) is 3.57 Å². The second-order valence-electron chi connectivity index (χ2n) is 10.3. The van der Waals surface area contributed by atoms with Gasteiger partial charge in [-0.1, -0.05) is 35.6 Å². The average Bonchev–Trinajstić information content (AvgIpc) is 3.34. The standard InChI is InChI=1S/C35H32BrIN2O7S/c1-5-43-25-14-12-23(13-15-25)30-29(34(42)45-7-3)20(4)38-35-39(30)32(40)28(47-35)18-22-16-26(36)31(27(37)17-22)46-19-21-8-10-24(11-9-21)33(41)44-6-2/h8-18,30H,5-7,19H2,1-4H3/b28-18-/t30-/m0/s1. The van der Waals surface area contributed by atoms with Crippen LogP contribution in [0.3, 0.4) is 0 Å². The number of fused-ring (bicyclic) bond motifs is 1. The lowest BCUT2D eigenvalue weighted by molar-refractivity contribution is -0.139. The number of carbonyl (C=O) groups is 2. The second-order valence-corrected chi connectivity index (χ2v) is 13.3. The monoisotopic (exact) mass is 830 g/mol. The third-order valence-electron chi connectivity index (χ3n) is 7.19. The van der Waals surface area contributed by atoms with Crippen molar-refractivity contribution in [3.05, 3.63) is 122 Å². The van der Waals surface area contributed by atoms with E-state index in [4.69, 9.17) is 18.9 Å². The molecule has 0 spiro atoms. The molecule has 0 N–H and O–H groups in total. The number of esters is 2. The molecular formula is C35H32BrIN2O7S. The number of ether oxygens (including phenoxy) is 4. The summed E-state index contributed by atoms with van der Waals surface area (Å²) in [7, 11) is 0. The lowest BCUT2D eigenvalue weighted by Gasteiger charge is -2.24. The normalized spacial score (nSPS) is 14.3. The molecule has 5 rings (SSSR count). The van der Waals surface area contributed by atoms with E-state index < -0.39 is 12.0 Å². The summed E-state index contributed by atoms with van der Waals surface area (Å²) < 4.78 is 25.8. The topological polar surface area (TPSA) is 105 Å². The van der Waals surface area contributed by atoms with Gasteiger partial charge in [-0.15, -0.1) is 0 Å². The molecule has 1 atom stereocenters. The third kappa shape index (κ3) is 7.71. The molecule has 3 aromatic carbocycles. The number of benzene rings is 3. The fourth-order valence-corrected chi connectivity index (χ4v) is 7.89. The van der Waals surface area contributed by atoms with Crippen molar-refractivity contribution in [2.75, 3.05) is 19.8 Å². The summed E-state index contributed by atoms with van der Waals surface area (Å²) in [6.07, 6.45) is 1.81. The summed E-state index contributed by atoms with van der Waals surface area (Å²) in [4.78, 5) is 44.3. The number of carbonyl (C=O) groups excluding carboxylic acids is 2. The summed E-state index contributed by atoms with van der Waals surface area (Å²) in [5.41, 5.74) is 3.47. The zero-order chi connectivity index (χ0) is 33.7. The maximum Gasteiger partial charge on any atom is 0.338 e. The van der Waals surface area contributed by atoms with E-state index in [1.54, 1.807) is 37.5 Å². The van der Waals surface area contributed by atoms with Crippen LogP contribution >= 0.6 is 49.9 Å². The molecule has 9 nitrogen and oxygen atoms in total. The summed E-state index contributed by atoms with van der Waals surface area (Å²) in [5, 5.41) is 0. The molecule has 0 aliphatic carbocycles. The highest BCUT2D eigenvalue weighted by Crippen LogP contribution is 2.34. The van der Waals surface area contributed by atoms with Crippen LogP contribution in [-0.2, 0) is 20.9 Å². The molecule has 0 unspecified atom stereocenters. The summed E-state index contributed by atoms with van der Waals surface area (Å²) in [6.45, 7) is 8.52. The first-order chi connectivity index (χ1) is 22.6. The minimum atomic E-state index is -0.711. The minimum Gasteiger partial charge on any atom is -0.494 e. The fourth-order valence-electron chi connectivity index (χ4n) is 5.08. The molecule has 2 heterocycles. The Kier molecular flexibility index (Phi) is 11.4. The van der Waals surface area contributed by atoms with Crippen LogP contribution in [0.2, 0.25) is 0 Å². The lowest BCUT2D eigenvalue weighted by atomic mass is 9.96. The third-order valence-corrected chi connectivity index (χ3v) is 9.56. The zero-order valence-electron chi connectivity index (χ0n) is 26.2. The highest BCUT2D eigenvalue weighted by molar-refractivity contribution is 14.1. The van der Waals surface area contributed by atoms with Gasteiger partial charge >= 0.3 is 11.9 Å². The van der Waals surface area contributed by atoms with Gasteiger partial charge in [0.2, 0.25) is 0 Å². The summed E-state index contributed by atoms with van der Waals surface area (Å²) in [5.74, 6) is 0.484. The molecule has 1 aliphatic rings. The van der Waals surface area contributed by atoms with Crippen LogP contribution in [0.4, 0.5) is 0 Å². The molecule has 47 heavy (non-hydrogen) atoms. The highest BCUT2D eigenvalue weighted by atomic mass is 127. The van der Waals surface area contributed by atoms with Crippen molar-refractivity contribution in [2.24, 2.45) is 4.99 Å². The van der Waals surface area contributed by atoms with Crippen molar-refractivity contribution in [1.82, 2.24) is 4.57 Å². The Hall–Kier alpha value is -3.75. The first-order valence-electron chi connectivity index (χ1n) is 14.9. The maximum absolute atomic E-state index is 14.0. The van der Waals surface area contributed by atoms with Crippen molar-refractivity contribution in [2.45, 2.75) is 40.3 Å². The van der Waals surface area contributed by atoms with Crippen molar-refractivity contribution in [1.29, 1.82) is 0 Å². The van der Waals surface area contributed by atoms with E-state index in [0.717, 1.165) is 24.7 Å². The average molecular weight is 832 g/mol. The number of thiazole rings is 1. The van der Waals surface area contributed by atoms with Crippen LogP contribution in [0.1, 0.15) is 60.8 Å². The summed E-state index contributed by atoms with van der Waals surface area (Å²) in [6, 6.07) is 17.6. The van der Waals surface area contributed by atoms with E-state index in [1.807, 2.05) is 61.5 Å². The maximum atomic E-state index is 14.0.